The van der Waals surface area contributed by atoms with E-state index in [4.69, 9.17) is 22.1 Å². The average Bonchev–Trinajstić information content (AvgIpc) is 2.77. The number of carbonyl (C=O) groups excluding carboxylic acids is 2. The van der Waals surface area contributed by atoms with Crippen LogP contribution < -0.4 is 15.0 Å². The number of fused-ring (bicyclic) bond motifs is 1. The molecule has 0 unspecified atom stereocenters. The molecular weight excluding hydrogens is 440 g/mol. The molecule has 0 radical (unpaired) electrons. The quantitative estimate of drug-likeness (QED) is 0.337. The molecule has 3 aromatic carbocycles. The van der Waals surface area contributed by atoms with Crippen LogP contribution in [-0.4, -0.2) is 34.1 Å². The van der Waals surface area contributed by atoms with Crippen molar-refractivity contribution in [2.24, 2.45) is 0 Å². The summed E-state index contributed by atoms with van der Waals surface area (Å²) in [6.07, 6.45) is 1.40. The first-order valence-electron chi connectivity index (χ1n) is 10.2. The number of anilines is 1. The summed E-state index contributed by atoms with van der Waals surface area (Å²) in [6.45, 7) is 3.79. The highest BCUT2D eigenvalue weighted by molar-refractivity contribution is 7.80. The lowest BCUT2D eigenvalue weighted by Crippen LogP contribution is -2.54. The third-order valence-electron chi connectivity index (χ3n) is 5.06. The van der Waals surface area contributed by atoms with Gasteiger partial charge in [-0.1, -0.05) is 30.3 Å². The molecule has 1 aliphatic heterocycles. The number of ether oxygens (including phenoxy) is 1. The monoisotopic (exact) mass is 460 g/mol. The molecule has 0 aliphatic carbocycles. The number of amides is 2. The van der Waals surface area contributed by atoms with Gasteiger partial charge in [0.05, 0.1) is 17.4 Å². The zero-order chi connectivity index (χ0) is 23.7. The standard InChI is InChI=1S/C25H20N2O5S/c1-14(2)32-21-12-9-15-5-3-4-6-18(15)19(21)13-20-22(28)26-25(33)27(23(20)29)17-10-7-16(8-11-17)24(30)31/h3-14H,1-2H3,(H,30,31)(H,26,28,33)/b20-13+. The number of carboxylic acids is 1. The van der Waals surface area contributed by atoms with Crippen LogP contribution in [0.3, 0.4) is 0 Å². The lowest BCUT2D eigenvalue weighted by Gasteiger charge is -2.29. The van der Waals surface area contributed by atoms with Crippen LogP contribution in [-0.2, 0) is 9.59 Å². The Morgan fingerprint density at radius 2 is 1.76 bits per heavy atom. The SMILES string of the molecule is CC(C)Oc1ccc2ccccc2c1/C=C1\C(=O)NC(=S)N(c2ccc(C(=O)O)cc2)C1=O. The highest BCUT2D eigenvalue weighted by Crippen LogP contribution is 2.32. The van der Waals surface area contributed by atoms with Gasteiger partial charge in [0.25, 0.3) is 11.8 Å². The molecule has 0 atom stereocenters. The summed E-state index contributed by atoms with van der Waals surface area (Å²) in [6, 6.07) is 17.0. The Bertz CT molecular complexity index is 1330. The summed E-state index contributed by atoms with van der Waals surface area (Å²) < 4.78 is 5.95. The Balaban J connectivity index is 1.83. The lowest BCUT2D eigenvalue weighted by atomic mass is 9.99. The number of rotatable bonds is 5. The van der Waals surface area contributed by atoms with Crippen molar-refractivity contribution in [3.05, 3.63) is 77.4 Å². The van der Waals surface area contributed by atoms with Crippen LogP contribution in [0.1, 0.15) is 29.8 Å². The molecule has 3 aromatic rings. The van der Waals surface area contributed by atoms with E-state index >= 15 is 0 Å². The fourth-order valence-electron chi connectivity index (χ4n) is 3.57. The average molecular weight is 461 g/mol. The second kappa shape index (κ2) is 8.84. The van der Waals surface area contributed by atoms with Gasteiger partial charge in [-0.05, 0) is 73.2 Å². The van der Waals surface area contributed by atoms with Crippen LogP contribution >= 0.6 is 12.2 Å². The summed E-state index contributed by atoms with van der Waals surface area (Å²) in [5, 5.41) is 13.3. The zero-order valence-corrected chi connectivity index (χ0v) is 18.7. The van der Waals surface area contributed by atoms with Gasteiger partial charge in [-0.2, -0.15) is 0 Å². The fraction of sp³-hybridized carbons (Fsp3) is 0.120. The van der Waals surface area contributed by atoms with Gasteiger partial charge in [0.1, 0.15) is 11.3 Å². The van der Waals surface area contributed by atoms with Crippen molar-refractivity contribution < 1.29 is 24.2 Å². The van der Waals surface area contributed by atoms with E-state index in [-0.39, 0.29) is 22.4 Å². The summed E-state index contributed by atoms with van der Waals surface area (Å²) >= 11 is 5.23. The van der Waals surface area contributed by atoms with Crippen molar-refractivity contribution in [3.63, 3.8) is 0 Å². The van der Waals surface area contributed by atoms with E-state index in [9.17, 15) is 14.4 Å². The minimum atomic E-state index is -1.09. The minimum Gasteiger partial charge on any atom is -0.490 e. The number of nitrogens with one attached hydrogen (secondary N) is 1. The minimum absolute atomic E-state index is 0.0696. The third kappa shape index (κ3) is 4.33. The van der Waals surface area contributed by atoms with E-state index < -0.39 is 17.8 Å². The molecule has 0 aromatic heterocycles. The maximum Gasteiger partial charge on any atom is 0.335 e. The number of hydrogen-bond acceptors (Lipinski definition) is 5. The molecule has 1 aliphatic rings. The molecule has 0 saturated carbocycles. The smallest absolute Gasteiger partial charge is 0.335 e. The molecular formula is C25H20N2O5S. The normalized spacial score (nSPS) is 15.3. The number of nitrogens with zero attached hydrogens (tertiary/aromatic N) is 1. The number of thiocarbonyl (C=S) groups is 1. The van der Waals surface area contributed by atoms with Gasteiger partial charge in [-0.25, -0.2) is 4.79 Å². The Morgan fingerprint density at radius 3 is 2.42 bits per heavy atom. The zero-order valence-electron chi connectivity index (χ0n) is 17.9. The van der Waals surface area contributed by atoms with Crippen LogP contribution in [0.25, 0.3) is 16.8 Å². The molecule has 1 fully saturated rings. The molecule has 4 rings (SSSR count). The number of aromatic carboxylic acids is 1. The first kappa shape index (κ1) is 22.2. The summed E-state index contributed by atoms with van der Waals surface area (Å²) in [4.78, 5) is 38.5. The molecule has 1 heterocycles. The largest absolute Gasteiger partial charge is 0.490 e. The summed E-state index contributed by atoms with van der Waals surface area (Å²) in [5.41, 5.74) is 0.905. The molecule has 0 spiro atoms. The van der Waals surface area contributed by atoms with Gasteiger partial charge >= 0.3 is 5.97 Å². The highest BCUT2D eigenvalue weighted by atomic mass is 32.1. The van der Waals surface area contributed by atoms with Crippen molar-refractivity contribution in [1.29, 1.82) is 0 Å². The van der Waals surface area contributed by atoms with Crippen molar-refractivity contribution in [2.75, 3.05) is 4.90 Å². The van der Waals surface area contributed by atoms with E-state index in [0.717, 1.165) is 10.8 Å². The van der Waals surface area contributed by atoms with Crippen molar-refractivity contribution in [2.45, 2.75) is 20.0 Å². The molecule has 33 heavy (non-hydrogen) atoms. The van der Waals surface area contributed by atoms with E-state index in [1.54, 1.807) is 0 Å². The maximum atomic E-state index is 13.4. The molecule has 1 saturated heterocycles. The molecule has 0 bridgehead atoms. The van der Waals surface area contributed by atoms with Crippen LogP contribution in [0.5, 0.6) is 5.75 Å². The Labute approximate surface area is 195 Å². The topological polar surface area (TPSA) is 95.9 Å². The van der Waals surface area contributed by atoms with Gasteiger partial charge in [-0.15, -0.1) is 0 Å². The van der Waals surface area contributed by atoms with Crippen LogP contribution in [0, 0.1) is 0 Å². The number of carbonyl (C=O) groups is 3. The van der Waals surface area contributed by atoms with Gasteiger partial charge in [0, 0.05) is 5.56 Å². The van der Waals surface area contributed by atoms with Crippen LogP contribution in [0.4, 0.5) is 5.69 Å². The van der Waals surface area contributed by atoms with E-state index in [2.05, 4.69) is 5.32 Å². The molecule has 166 valence electrons. The fourth-order valence-corrected chi connectivity index (χ4v) is 3.85. The second-order valence-electron chi connectivity index (χ2n) is 7.67. The first-order valence-corrected chi connectivity index (χ1v) is 10.6. The summed E-state index contributed by atoms with van der Waals surface area (Å²) in [5.74, 6) is -1.78. The van der Waals surface area contributed by atoms with Gasteiger partial charge in [-0.3, -0.25) is 19.8 Å². The predicted molar refractivity (Wildman–Crippen MR) is 129 cm³/mol. The molecule has 2 N–H and O–H groups in total. The van der Waals surface area contributed by atoms with Crippen LogP contribution in [0.2, 0.25) is 0 Å². The summed E-state index contributed by atoms with van der Waals surface area (Å²) in [7, 11) is 0. The molecule has 7 nitrogen and oxygen atoms in total. The predicted octanol–water partition coefficient (Wildman–Crippen LogP) is 4.16. The highest BCUT2D eigenvalue weighted by Gasteiger charge is 2.35. The number of hydrogen-bond donors (Lipinski definition) is 2. The Morgan fingerprint density at radius 1 is 1.06 bits per heavy atom. The third-order valence-corrected chi connectivity index (χ3v) is 5.34. The van der Waals surface area contributed by atoms with E-state index in [0.29, 0.717) is 17.0 Å². The molecule has 8 heteroatoms. The van der Waals surface area contributed by atoms with Gasteiger partial charge < -0.3 is 9.84 Å². The maximum absolute atomic E-state index is 13.4. The van der Waals surface area contributed by atoms with Crippen LogP contribution in [0.15, 0.2) is 66.2 Å². The van der Waals surface area contributed by atoms with Gasteiger partial charge in [0.2, 0.25) is 0 Å². The van der Waals surface area contributed by atoms with Crippen molar-refractivity contribution in [3.8, 4) is 5.75 Å². The van der Waals surface area contributed by atoms with E-state index in [1.807, 2.05) is 50.2 Å². The second-order valence-corrected chi connectivity index (χ2v) is 8.06. The van der Waals surface area contributed by atoms with Crippen molar-refractivity contribution >= 4 is 57.6 Å². The Hall–Kier alpha value is -4.04. The number of carboxylic acid groups (broad SMARTS) is 1. The number of benzene rings is 3. The Kier molecular flexibility index (Phi) is 5.93. The van der Waals surface area contributed by atoms with Crippen molar-refractivity contribution in [1.82, 2.24) is 5.32 Å². The molecule has 2 amide bonds. The van der Waals surface area contributed by atoms with E-state index in [1.165, 1.54) is 35.2 Å². The lowest BCUT2D eigenvalue weighted by molar-refractivity contribution is -0.122. The van der Waals surface area contributed by atoms with Gasteiger partial charge in [0.15, 0.2) is 5.11 Å². The first-order chi connectivity index (χ1) is 15.8.